The second kappa shape index (κ2) is 4.97. The fourth-order valence-electron chi connectivity index (χ4n) is 1.79. The maximum absolute atomic E-state index is 5.68. The summed E-state index contributed by atoms with van der Waals surface area (Å²) in [4.78, 5) is 0. The molecule has 0 saturated carbocycles. The molecule has 17 heavy (non-hydrogen) atoms. The van der Waals surface area contributed by atoms with Crippen LogP contribution < -0.4 is 10.5 Å². The Kier molecular flexibility index (Phi) is 3.39. The molecule has 0 fully saturated rings. The second-order valence-electron chi connectivity index (χ2n) is 3.64. The van der Waals surface area contributed by atoms with Crippen molar-refractivity contribution in [1.29, 1.82) is 0 Å². The number of nitrogens with zero attached hydrogens (tertiary/aromatic N) is 3. The summed E-state index contributed by atoms with van der Waals surface area (Å²) >= 11 is 0. The fourth-order valence-corrected chi connectivity index (χ4v) is 1.79. The first-order valence-electron chi connectivity index (χ1n) is 5.57. The van der Waals surface area contributed by atoms with Crippen molar-refractivity contribution in [3.8, 4) is 17.0 Å². The number of aryl methyl sites for hydroxylation is 1. The zero-order chi connectivity index (χ0) is 12.3. The Morgan fingerprint density at radius 3 is 2.88 bits per heavy atom. The Morgan fingerprint density at radius 2 is 2.24 bits per heavy atom. The molecule has 2 aromatic rings. The molecular weight excluding hydrogens is 216 g/mol. The van der Waals surface area contributed by atoms with Gasteiger partial charge in [-0.25, -0.2) is 4.68 Å². The van der Waals surface area contributed by atoms with Gasteiger partial charge in [0.05, 0.1) is 12.8 Å². The lowest BCUT2D eigenvalue weighted by Gasteiger charge is -2.07. The Labute approximate surface area is 100 Å². The van der Waals surface area contributed by atoms with Crippen LogP contribution in [0.2, 0.25) is 0 Å². The van der Waals surface area contributed by atoms with Gasteiger partial charge in [0.2, 0.25) is 0 Å². The van der Waals surface area contributed by atoms with Crippen molar-refractivity contribution >= 4 is 0 Å². The van der Waals surface area contributed by atoms with Crippen LogP contribution in [0.5, 0.6) is 5.75 Å². The standard InChI is InChI=1S/C12H16N4O/c1-3-16-12(11(8-13)14-15-16)9-5-4-6-10(7-9)17-2/h4-7H,3,8,13H2,1-2H3. The highest BCUT2D eigenvalue weighted by Crippen LogP contribution is 2.25. The maximum Gasteiger partial charge on any atom is 0.119 e. The molecule has 0 unspecified atom stereocenters. The van der Waals surface area contributed by atoms with E-state index in [4.69, 9.17) is 10.5 Å². The van der Waals surface area contributed by atoms with Crippen LogP contribution in [-0.4, -0.2) is 22.1 Å². The van der Waals surface area contributed by atoms with Gasteiger partial charge in [-0.3, -0.25) is 0 Å². The maximum atomic E-state index is 5.68. The van der Waals surface area contributed by atoms with E-state index in [9.17, 15) is 0 Å². The van der Waals surface area contributed by atoms with E-state index < -0.39 is 0 Å². The average Bonchev–Trinajstić information content (AvgIpc) is 2.81. The van der Waals surface area contributed by atoms with E-state index in [1.807, 2.05) is 35.9 Å². The van der Waals surface area contributed by atoms with Crippen LogP contribution in [0.3, 0.4) is 0 Å². The zero-order valence-corrected chi connectivity index (χ0v) is 10.1. The van der Waals surface area contributed by atoms with Gasteiger partial charge in [-0.05, 0) is 19.1 Å². The third-order valence-corrected chi connectivity index (χ3v) is 2.64. The minimum absolute atomic E-state index is 0.381. The van der Waals surface area contributed by atoms with E-state index in [1.165, 1.54) is 0 Å². The van der Waals surface area contributed by atoms with E-state index in [-0.39, 0.29) is 0 Å². The van der Waals surface area contributed by atoms with Crippen LogP contribution >= 0.6 is 0 Å². The number of ether oxygens (including phenoxy) is 1. The lowest BCUT2D eigenvalue weighted by Crippen LogP contribution is -2.03. The second-order valence-corrected chi connectivity index (χ2v) is 3.64. The van der Waals surface area contributed by atoms with Crippen molar-refractivity contribution in [2.24, 2.45) is 5.73 Å². The topological polar surface area (TPSA) is 66.0 Å². The lowest BCUT2D eigenvalue weighted by molar-refractivity contribution is 0.415. The summed E-state index contributed by atoms with van der Waals surface area (Å²) in [5.41, 5.74) is 8.48. The molecule has 0 aliphatic heterocycles. The number of nitrogens with two attached hydrogens (primary N) is 1. The molecule has 0 aliphatic rings. The lowest BCUT2D eigenvalue weighted by atomic mass is 10.1. The van der Waals surface area contributed by atoms with Gasteiger partial charge in [0, 0.05) is 18.7 Å². The number of benzene rings is 1. The zero-order valence-electron chi connectivity index (χ0n) is 10.1. The molecule has 90 valence electrons. The van der Waals surface area contributed by atoms with Crippen molar-refractivity contribution in [3.63, 3.8) is 0 Å². The molecule has 0 radical (unpaired) electrons. The van der Waals surface area contributed by atoms with E-state index >= 15 is 0 Å². The number of aromatic nitrogens is 3. The van der Waals surface area contributed by atoms with Gasteiger partial charge < -0.3 is 10.5 Å². The smallest absolute Gasteiger partial charge is 0.119 e. The summed E-state index contributed by atoms with van der Waals surface area (Å²) < 4.78 is 7.06. The molecule has 0 aliphatic carbocycles. The Morgan fingerprint density at radius 1 is 1.41 bits per heavy atom. The molecule has 0 atom stereocenters. The molecule has 1 aromatic heterocycles. The highest BCUT2D eigenvalue weighted by Gasteiger charge is 2.13. The molecule has 0 spiro atoms. The van der Waals surface area contributed by atoms with Crippen LogP contribution in [0.15, 0.2) is 24.3 Å². The molecule has 5 nitrogen and oxygen atoms in total. The largest absolute Gasteiger partial charge is 0.497 e. The molecule has 1 heterocycles. The van der Waals surface area contributed by atoms with Gasteiger partial charge in [0.1, 0.15) is 11.4 Å². The number of methoxy groups -OCH3 is 1. The van der Waals surface area contributed by atoms with Crippen LogP contribution in [-0.2, 0) is 13.1 Å². The predicted molar refractivity (Wildman–Crippen MR) is 65.6 cm³/mol. The first-order chi connectivity index (χ1) is 8.30. The molecule has 2 N–H and O–H groups in total. The highest BCUT2D eigenvalue weighted by molar-refractivity contribution is 5.63. The monoisotopic (exact) mass is 232 g/mol. The van der Waals surface area contributed by atoms with E-state index in [0.717, 1.165) is 29.2 Å². The number of rotatable bonds is 4. The number of hydrogen-bond acceptors (Lipinski definition) is 4. The van der Waals surface area contributed by atoms with E-state index in [2.05, 4.69) is 10.3 Å². The summed E-state index contributed by atoms with van der Waals surface area (Å²) in [6, 6.07) is 7.82. The highest BCUT2D eigenvalue weighted by atomic mass is 16.5. The van der Waals surface area contributed by atoms with Crippen molar-refractivity contribution in [2.45, 2.75) is 20.0 Å². The minimum atomic E-state index is 0.381. The predicted octanol–water partition coefficient (Wildman–Crippen LogP) is 1.43. The van der Waals surface area contributed by atoms with Crippen molar-refractivity contribution in [1.82, 2.24) is 15.0 Å². The van der Waals surface area contributed by atoms with Crippen LogP contribution in [0.1, 0.15) is 12.6 Å². The molecule has 0 amide bonds. The van der Waals surface area contributed by atoms with E-state index in [1.54, 1.807) is 7.11 Å². The van der Waals surface area contributed by atoms with Crippen LogP contribution in [0.4, 0.5) is 0 Å². The molecule has 0 bridgehead atoms. The molecule has 5 heteroatoms. The molecule has 0 saturated heterocycles. The van der Waals surface area contributed by atoms with Crippen LogP contribution in [0.25, 0.3) is 11.3 Å². The summed E-state index contributed by atoms with van der Waals surface area (Å²) in [6.07, 6.45) is 0. The third kappa shape index (κ3) is 2.14. The fraction of sp³-hybridized carbons (Fsp3) is 0.333. The van der Waals surface area contributed by atoms with Crippen molar-refractivity contribution in [3.05, 3.63) is 30.0 Å². The van der Waals surface area contributed by atoms with Gasteiger partial charge in [-0.1, -0.05) is 17.3 Å². The molecule has 2 rings (SSSR count). The summed E-state index contributed by atoms with van der Waals surface area (Å²) in [5, 5.41) is 8.17. The van der Waals surface area contributed by atoms with Gasteiger partial charge in [0.15, 0.2) is 0 Å². The van der Waals surface area contributed by atoms with Crippen LogP contribution in [0, 0.1) is 0 Å². The van der Waals surface area contributed by atoms with E-state index in [0.29, 0.717) is 6.54 Å². The summed E-state index contributed by atoms with van der Waals surface area (Å²) in [6.45, 7) is 3.17. The summed E-state index contributed by atoms with van der Waals surface area (Å²) in [5.74, 6) is 0.814. The Bertz CT molecular complexity index is 485. The first kappa shape index (κ1) is 11.6. The number of hydrogen-bond donors (Lipinski definition) is 1. The van der Waals surface area contributed by atoms with Gasteiger partial charge in [0.25, 0.3) is 0 Å². The van der Waals surface area contributed by atoms with Crippen molar-refractivity contribution < 1.29 is 4.74 Å². The molecule has 1 aromatic carbocycles. The van der Waals surface area contributed by atoms with Gasteiger partial charge in [-0.15, -0.1) is 5.10 Å². The average molecular weight is 232 g/mol. The third-order valence-electron chi connectivity index (χ3n) is 2.64. The van der Waals surface area contributed by atoms with Gasteiger partial charge in [-0.2, -0.15) is 0 Å². The van der Waals surface area contributed by atoms with Gasteiger partial charge >= 0.3 is 0 Å². The molecular formula is C12H16N4O. The normalized spacial score (nSPS) is 10.5. The van der Waals surface area contributed by atoms with Crippen molar-refractivity contribution in [2.75, 3.05) is 7.11 Å². The quantitative estimate of drug-likeness (QED) is 0.866. The summed E-state index contributed by atoms with van der Waals surface area (Å²) in [7, 11) is 1.65. The SMILES string of the molecule is CCn1nnc(CN)c1-c1cccc(OC)c1. The first-order valence-corrected chi connectivity index (χ1v) is 5.57. The minimum Gasteiger partial charge on any atom is -0.497 e. The Balaban J connectivity index is 2.53. The Hall–Kier alpha value is -1.88.